The number of rotatable bonds is 3. The molecule has 2 aliphatic heterocycles. The molecule has 0 radical (unpaired) electrons. The van der Waals surface area contributed by atoms with Crippen LogP contribution in [0.4, 0.5) is 14.9 Å². The molecule has 28 heavy (non-hydrogen) atoms. The number of hydrogen-bond acceptors (Lipinski definition) is 5. The van der Waals surface area contributed by atoms with Gasteiger partial charge in [-0.25, -0.2) is 9.29 Å². The minimum absolute atomic E-state index is 0.120. The van der Waals surface area contributed by atoms with Crippen molar-refractivity contribution in [1.29, 1.82) is 0 Å². The molecule has 2 aromatic rings. The van der Waals surface area contributed by atoms with Gasteiger partial charge in [-0.3, -0.25) is 24.1 Å². The summed E-state index contributed by atoms with van der Waals surface area (Å²) in [4.78, 5) is 52.2. The van der Waals surface area contributed by atoms with Crippen molar-refractivity contribution in [3.05, 3.63) is 70.9 Å². The molecule has 0 bridgehead atoms. The van der Waals surface area contributed by atoms with E-state index in [1.54, 1.807) is 30.3 Å². The Bertz CT molecular complexity index is 1020. The van der Waals surface area contributed by atoms with Crippen LogP contribution in [0.25, 0.3) is 6.08 Å². The first-order valence-electron chi connectivity index (χ1n) is 8.40. The van der Waals surface area contributed by atoms with Gasteiger partial charge in [-0.15, -0.1) is 0 Å². The molecular weight excluding hydrogens is 383 g/mol. The van der Waals surface area contributed by atoms with Gasteiger partial charge in [0.15, 0.2) is 0 Å². The molecular formula is C20H13FN2O4S. The number of hydrogen-bond donors (Lipinski definition) is 0. The number of thioether (sulfide) groups is 1. The summed E-state index contributed by atoms with van der Waals surface area (Å²) >= 11 is 0.691. The van der Waals surface area contributed by atoms with E-state index in [0.717, 1.165) is 9.80 Å². The predicted octanol–water partition coefficient (Wildman–Crippen LogP) is 3.19. The van der Waals surface area contributed by atoms with Crippen LogP contribution in [-0.2, 0) is 14.4 Å². The number of carbonyl (C=O) groups is 4. The summed E-state index contributed by atoms with van der Waals surface area (Å²) in [6.07, 6.45) is 1.20. The van der Waals surface area contributed by atoms with E-state index >= 15 is 0 Å². The first-order chi connectivity index (χ1) is 13.5. The quantitative estimate of drug-likeness (QED) is 0.588. The molecule has 2 aromatic carbocycles. The normalized spacial score (nSPS) is 21.3. The van der Waals surface area contributed by atoms with Crippen LogP contribution in [0.2, 0.25) is 0 Å². The summed E-state index contributed by atoms with van der Waals surface area (Å²) in [7, 11) is 0. The summed E-state index contributed by atoms with van der Waals surface area (Å²) < 4.78 is 13.0. The van der Waals surface area contributed by atoms with Gasteiger partial charge in [0.25, 0.3) is 17.1 Å². The summed E-state index contributed by atoms with van der Waals surface area (Å²) in [6.45, 7) is 0. The maximum atomic E-state index is 13.0. The van der Waals surface area contributed by atoms with Crippen molar-refractivity contribution in [1.82, 2.24) is 4.90 Å². The first kappa shape index (κ1) is 18.1. The summed E-state index contributed by atoms with van der Waals surface area (Å²) in [6, 6.07) is 12.6. The van der Waals surface area contributed by atoms with Crippen LogP contribution in [-0.4, -0.2) is 33.9 Å². The smallest absolute Gasteiger partial charge is 0.274 e. The Balaban J connectivity index is 1.60. The molecule has 0 aromatic heterocycles. The van der Waals surface area contributed by atoms with Crippen molar-refractivity contribution in [3.8, 4) is 0 Å². The molecule has 1 atom stereocenters. The number of halogens is 1. The highest BCUT2D eigenvalue weighted by Crippen LogP contribution is 2.37. The third kappa shape index (κ3) is 3.11. The molecule has 4 amide bonds. The highest BCUT2D eigenvalue weighted by atomic mass is 32.2. The molecule has 6 nitrogen and oxygen atoms in total. The second-order valence-electron chi connectivity index (χ2n) is 6.23. The molecule has 8 heteroatoms. The van der Waals surface area contributed by atoms with Crippen molar-refractivity contribution in [3.63, 3.8) is 0 Å². The van der Waals surface area contributed by atoms with E-state index in [1.807, 2.05) is 0 Å². The predicted molar refractivity (Wildman–Crippen MR) is 102 cm³/mol. The van der Waals surface area contributed by atoms with Crippen LogP contribution in [0.5, 0.6) is 0 Å². The van der Waals surface area contributed by atoms with Crippen LogP contribution in [0.1, 0.15) is 12.0 Å². The molecule has 0 saturated carbocycles. The number of carbonyl (C=O) groups excluding carboxylic acids is 4. The Morgan fingerprint density at radius 1 is 0.964 bits per heavy atom. The van der Waals surface area contributed by atoms with E-state index in [-0.39, 0.29) is 11.3 Å². The van der Waals surface area contributed by atoms with Crippen molar-refractivity contribution in [2.24, 2.45) is 0 Å². The van der Waals surface area contributed by atoms with Crippen molar-refractivity contribution < 1.29 is 23.6 Å². The average Bonchev–Trinajstić information content (AvgIpc) is 3.12. The van der Waals surface area contributed by atoms with E-state index in [1.165, 1.54) is 30.3 Å². The molecule has 0 N–H and O–H groups in total. The van der Waals surface area contributed by atoms with E-state index in [2.05, 4.69) is 0 Å². The number of para-hydroxylation sites is 1. The molecule has 140 valence electrons. The van der Waals surface area contributed by atoms with Gasteiger partial charge in [0.05, 0.1) is 17.0 Å². The Morgan fingerprint density at radius 3 is 2.32 bits per heavy atom. The van der Waals surface area contributed by atoms with Gasteiger partial charge in [0.1, 0.15) is 11.9 Å². The van der Waals surface area contributed by atoms with Gasteiger partial charge in [-0.05, 0) is 47.7 Å². The number of nitrogens with zero attached hydrogens (tertiary/aromatic N) is 2. The van der Waals surface area contributed by atoms with E-state index in [9.17, 15) is 23.6 Å². The topological polar surface area (TPSA) is 74.8 Å². The lowest BCUT2D eigenvalue weighted by Crippen LogP contribution is -2.44. The SMILES string of the molecule is O=C1C[C@H](N2C(=O)SC(=Cc3ccc(F)cc3)C2=O)C(=O)N1c1ccccc1. The van der Waals surface area contributed by atoms with Crippen molar-refractivity contribution in [2.45, 2.75) is 12.5 Å². The van der Waals surface area contributed by atoms with Crippen LogP contribution >= 0.6 is 11.8 Å². The van der Waals surface area contributed by atoms with Crippen LogP contribution < -0.4 is 4.90 Å². The largest absolute Gasteiger partial charge is 0.294 e. The Kier molecular flexibility index (Phi) is 4.56. The summed E-state index contributed by atoms with van der Waals surface area (Å²) in [5.74, 6) is -2.13. The minimum atomic E-state index is -1.17. The Morgan fingerprint density at radius 2 is 1.64 bits per heavy atom. The number of benzene rings is 2. The molecule has 2 fully saturated rings. The number of imide groups is 2. The van der Waals surface area contributed by atoms with Gasteiger partial charge in [0, 0.05) is 0 Å². The minimum Gasteiger partial charge on any atom is -0.274 e. The average molecular weight is 396 g/mol. The Labute approximate surface area is 163 Å². The maximum absolute atomic E-state index is 13.0. The zero-order valence-corrected chi connectivity index (χ0v) is 15.2. The van der Waals surface area contributed by atoms with Crippen LogP contribution in [0, 0.1) is 5.82 Å². The molecule has 0 spiro atoms. The standard InChI is InChI=1S/C20H13FN2O4S/c21-13-8-6-12(7-9-13)10-16-19(26)23(20(27)28-16)15-11-17(24)22(18(15)25)14-4-2-1-3-5-14/h1-10,15H,11H2/t15-/m0/s1. The van der Waals surface area contributed by atoms with Gasteiger partial charge in [-0.1, -0.05) is 30.3 Å². The van der Waals surface area contributed by atoms with E-state index in [4.69, 9.17) is 0 Å². The van der Waals surface area contributed by atoms with Crippen LogP contribution in [0.3, 0.4) is 0 Å². The fourth-order valence-corrected chi connectivity index (χ4v) is 4.00. The molecule has 4 rings (SSSR count). The number of anilines is 1. The fourth-order valence-electron chi connectivity index (χ4n) is 3.12. The maximum Gasteiger partial charge on any atom is 0.294 e. The van der Waals surface area contributed by atoms with Crippen molar-refractivity contribution in [2.75, 3.05) is 4.90 Å². The molecule has 0 aliphatic carbocycles. The number of amides is 4. The van der Waals surface area contributed by atoms with Crippen molar-refractivity contribution >= 4 is 46.5 Å². The highest BCUT2D eigenvalue weighted by Gasteiger charge is 2.50. The van der Waals surface area contributed by atoms with E-state index < -0.39 is 34.8 Å². The lowest BCUT2D eigenvalue weighted by atomic mass is 10.2. The summed E-state index contributed by atoms with van der Waals surface area (Å²) in [5.41, 5.74) is 0.945. The zero-order chi connectivity index (χ0) is 19.8. The third-order valence-electron chi connectivity index (χ3n) is 4.44. The third-order valence-corrected chi connectivity index (χ3v) is 5.32. The first-order valence-corrected chi connectivity index (χ1v) is 9.22. The van der Waals surface area contributed by atoms with E-state index in [0.29, 0.717) is 23.0 Å². The second-order valence-corrected chi connectivity index (χ2v) is 7.22. The van der Waals surface area contributed by atoms with Gasteiger partial charge in [-0.2, -0.15) is 0 Å². The fraction of sp³-hybridized carbons (Fsp3) is 0.100. The monoisotopic (exact) mass is 396 g/mol. The Hall–Kier alpha value is -3.26. The van der Waals surface area contributed by atoms with Crippen LogP contribution in [0.15, 0.2) is 59.5 Å². The van der Waals surface area contributed by atoms with Gasteiger partial charge >= 0.3 is 0 Å². The second kappa shape index (κ2) is 7.05. The molecule has 0 unspecified atom stereocenters. The lowest BCUT2D eigenvalue weighted by molar-refractivity contribution is -0.130. The molecule has 2 aliphatic rings. The zero-order valence-electron chi connectivity index (χ0n) is 14.4. The van der Waals surface area contributed by atoms with Gasteiger partial charge < -0.3 is 0 Å². The highest BCUT2D eigenvalue weighted by molar-refractivity contribution is 8.18. The molecule has 2 saturated heterocycles. The molecule has 2 heterocycles. The lowest BCUT2D eigenvalue weighted by Gasteiger charge is -2.19. The van der Waals surface area contributed by atoms with Gasteiger partial charge in [0.2, 0.25) is 5.91 Å². The summed E-state index contributed by atoms with van der Waals surface area (Å²) in [5, 5.41) is -0.612.